The summed E-state index contributed by atoms with van der Waals surface area (Å²) in [7, 11) is 0. The van der Waals surface area contributed by atoms with Gasteiger partial charge in [0.2, 0.25) is 0 Å². The van der Waals surface area contributed by atoms with Gasteiger partial charge in [-0.25, -0.2) is 4.79 Å². The topological polar surface area (TPSA) is 62.5 Å². The van der Waals surface area contributed by atoms with Crippen LogP contribution in [-0.4, -0.2) is 27.4 Å². The third-order valence-corrected chi connectivity index (χ3v) is 4.02. The number of aryl methyl sites for hydroxylation is 2. The summed E-state index contributed by atoms with van der Waals surface area (Å²) in [5.41, 5.74) is 3.51. The fraction of sp³-hybridized carbons (Fsp3) is 0.471. The Bertz CT molecular complexity index is 643. The molecule has 21 heavy (non-hydrogen) atoms. The van der Waals surface area contributed by atoms with Crippen molar-refractivity contribution < 1.29 is 15.0 Å². The van der Waals surface area contributed by atoms with E-state index in [1.807, 2.05) is 19.1 Å². The number of nitrogens with zero attached hydrogens (tertiary/aromatic N) is 1. The van der Waals surface area contributed by atoms with Crippen molar-refractivity contribution in [1.29, 1.82) is 0 Å². The third kappa shape index (κ3) is 2.95. The van der Waals surface area contributed by atoms with E-state index in [9.17, 15) is 9.90 Å². The van der Waals surface area contributed by atoms with Crippen molar-refractivity contribution >= 4 is 16.9 Å². The predicted molar refractivity (Wildman–Crippen MR) is 83.9 cm³/mol. The van der Waals surface area contributed by atoms with E-state index in [2.05, 4.69) is 11.5 Å². The van der Waals surface area contributed by atoms with Crippen LogP contribution < -0.4 is 0 Å². The molecule has 1 heterocycles. The largest absolute Gasteiger partial charge is 0.478 e. The zero-order valence-electron chi connectivity index (χ0n) is 12.7. The van der Waals surface area contributed by atoms with Gasteiger partial charge in [0.25, 0.3) is 0 Å². The number of aromatic carboxylic acids is 1. The molecule has 0 aliphatic heterocycles. The van der Waals surface area contributed by atoms with Crippen molar-refractivity contribution in [3.63, 3.8) is 0 Å². The Kier molecular flexibility index (Phi) is 5.02. The van der Waals surface area contributed by atoms with Crippen molar-refractivity contribution in [3.05, 3.63) is 35.0 Å². The number of carboxylic acids is 1. The molecular weight excluding hydrogens is 266 g/mol. The van der Waals surface area contributed by atoms with Crippen LogP contribution in [0.2, 0.25) is 0 Å². The van der Waals surface area contributed by atoms with Crippen LogP contribution in [0.1, 0.15) is 47.8 Å². The standard InChI is InChI=1S/C17H23NO3/c1-3-4-7-13-12(2)18(10-6-11-19)16-14(13)8-5-9-15(16)17(20)21/h5,8-9,19H,3-4,6-7,10-11H2,1-2H3,(H,20,21). The molecule has 0 aliphatic rings. The van der Waals surface area contributed by atoms with E-state index in [-0.39, 0.29) is 6.61 Å². The number of rotatable bonds is 7. The summed E-state index contributed by atoms with van der Waals surface area (Å²) in [4.78, 5) is 11.5. The molecule has 0 radical (unpaired) electrons. The number of aliphatic hydroxyl groups excluding tert-OH is 1. The molecule has 1 aromatic heterocycles. The van der Waals surface area contributed by atoms with E-state index < -0.39 is 5.97 Å². The zero-order valence-corrected chi connectivity index (χ0v) is 12.7. The Hall–Kier alpha value is -1.81. The van der Waals surface area contributed by atoms with Crippen molar-refractivity contribution in [1.82, 2.24) is 4.57 Å². The van der Waals surface area contributed by atoms with Gasteiger partial charge in [-0.05, 0) is 37.8 Å². The molecule has 2 rings (SSSR count). The van der Waals surface area contributed by atoms with E-state index in [0.29, 0.717) is 18.5 Å². The van der Waals surface area contributed by atoms with Crippen LogP contribution in [0.25, 0.3) is 10.9 Å². The number of para-hydroxylation sites is 1. The predicted octanol–water partition coefficient (Wildman–Crippen LogP) is 3.37. The summed E-state index contributed by atoms with van der Waals surface area (Å²) < 4.78 is 2.06. The first-order valence-electron chi connectivity index (χ1n) is 7.56. The summed E-state index contributed by atoms with van der Waals surface area (Å²) in [6.45, 7) is 4.96. The number of carboxylic acid groups (broad SMARTS) is 1. The zero-order chi connectivity index (χ0) is 15.4. The summed E-state index contributed by atoms with van der Waals surface area (Å²) in [5, 5.41) is 19.6. The number of unbranched alkanes of at least 4 members (excludes halogenated alkanes) is 1. The van der Waals surface area contributed by atoms with Crippen LogP contribution in [0.3, 0.4) is 0 Å². The maximum atomic E-state index is 11.5. The molecule has 0 bridgehead atoms. The molecular formula is C17H23NO3. The minimum Gasteiger partial charge on any atom is -0.478 e. The normalized spacial score (nSPS) is 11.2. The Balaban J connectivity index is 2.66. The highest BCUT2D eigenvalue weighted by Gasteiger charge is 2.18. The molecule has 0 fully saturated rings. The maximum absolute atomic E-state index is 11.5. The molecule has 0 aliphatic carbocycles. The van der Waals surface area contributed by atoms with E-state index in [1.165, 1.54) is 5.56 Å². The van der Waals surface area contributed by atoms with Gasteiger partial charge in [0.1, 0.15) is 0 Å². The molecule has 4 nitrogen and oxygen atoms in total. The van der Waals surface area contributed by atoms with Crippen molar-refractivity contribution in [2.45, 2.75) is 46.1 Å². The van der Waals surface area contributed by atoms with Gasteiger partial charge in [-0.1, -0.05) is 25.5 Å². The lowest BCUT2D eigenvalue weighted by Gasteiger charge is -2.09. The van der Waals surface area contributed by atoms with Crippen LogP contribution >= 0.6 is 0 Å². The van der Waals surface area contributed by atoms with Crippen LogP contribution in [0.5, 0.6) is 0 Å². The van der Waals surface area contributed by atoms with Crippen LogP contribution in [0.15, 0.2) is 18.2 Å². The Labute approximate surface area is 125 Å². The Morgan fingerprint density at radius 1 is 1.29 bits per heavy atom. The molecule has 0 saturated heterocycles. The molecule has 0 atom stereocenters. The summed E-state index contributed by atoms with van der Waals surface area (Å²) in [6, 6.07) is 5.48. The Morgan fingerprint density at radius 3 is 2.67 bits per heavy atom. The van der Waals surface area contributed by atoms with Crippen LogP contribution in [-0.2, 0) is 13.0 Å². The van der Waals surface area contributed by atoms with Gasteiger partial charge in [0.05, 0.1) is 11.1 Å². The number of benzene rings is 1. The minimum atomic E-state index is -0.898. The van der Waals surface area contributed by atoms with Crippen molar-refractivity contribution in [3.8, 4) is 0 Å². The second-order valence-electron chi connectivity index (χ2n) is 5.40. The minimum absolute atomic E-state index is 0.110. The van der Waals surface area contributed by atoms with Crippen molar-refractivity contribution in [2.75, 3.05) is 6.61 Å². The lowest BCUT2D eigenvalue weighted by atomic mass is 10.0. The summed E-state index contributed by atoms with van der Waals surface area (Å²) in [6.07, 6.45) is 3.80. The first-order valence-corrected chi connectivity index (χ1v) is 7.56. The van der Waals surface area contributed by atoms with E-state index >= 15 is 0 Å². The highest BCUT2D eigenvalue weighted by molar-refractivity contribution is 6.03. The fourth-order valence-corrected chi connectivity index (χ4v) is 2.95. The number of aliphatic hydroxyl groups is 1. The van der Waals surface area contributed by atoms with E-state index in [0.717, 1.165) is 35.9 Å². The highest BCUT2D eigenvalue weighted by Crippen LogP contribution is 2.30. The van der Waals surface area contributed by atoms with Crippen LogP contribution in [0, 0.1) is 6.92 Å². The molecule has 114 valence electrons. The van der Waals surface area contributed by atoms with E-state index in [1.54, 1.807) is 6.07 Å². The van der Waals surface area contributed by atoms with Gasteiger partial charge < -0.3 is 14.8 Å². The third-order valence-electron chi connectivity index (χ3n) is 4.02. The lowest BCUT2D eigenvalue weighted by molar-refractivity contribution is 0.0698. The average Bonchev–Trinajstić information content (AvgIpc) is 2.74. The summed E-state index contributed by atoms with van der Waals surface area (Å²) >= 11 is 0. The van der Waals surface area contributed by atoms with Crippen LogP contribution in [0.4, 0.5) is 0 Å². The smallest absolute Gasteiger partial charge is 0.337 e. The number of fused-ring (bicyclic) bond motifs is 1. The van der Waals surface area contributed by atoms with Gasteiger partial charge in [0, 0.05) is 24.2 Å². The first kappa shape index (κ1) is 15.6. The number of hydrogen-bond acceptors (Lipinski definition) is 2. The van der Waals surface area contributed by atoms with Gasteiger partial charge in [-0.2, -0.15) is 0 Å². The van der Waals surface area contributed by atoms with Gasteiger partial charge in [0.15, 0.2) is 0 Å². The maximum Gasteiger partial charge on any atom is 0.337 e. The lowest BCUT2D eigenvalue weighted by Crippen LogP contribution is -2.06. The molecule has 0 spiro atoms. The van der Waals surface area contributed by atoms with Gasteiger partial charge >= 0.3 is 5.97 Å². The monoisotopic (exact) mass is 289 g/mol. The molecule has 2 N–H and O–H groups in total. The van der Waals surface area contributed by atoms with Gasteiger partial charge in [-0.15, -0.1) is 0 Å². The number of hydrogen-bond donors (Lipinski definition) is 2. The molecule has 4 heteroatoms. The number of aromatic nitrogens is 1. The molecule has 1 aromatic carbocycles. The van der Waals surface area contributed by atoms with E-state index in [4.69, 9.17) is 5.11 Å². The fourth-order valence-electron chi connectivity index (χ4n) is 2.95. The number of carbonyl (C=O) groups is 1. The van der Waals surface area contributed by atoms with Gasteiger partial charge in [-0.3, -0.25) is 0 Å². The second-order valence-corrected chi connectivity index (χ2v) is 5.40. The SMILES string of the molecule is CCCCc1c(C)n(CCCO)c2c(C(=O)O)cccc12. The quantitative estimate of drug-likeness (QED) is 0.821. The first-order chi connectivity index (χ1) is 10.1. The highest BCUT2D eigenvalue weighted by atomic mass is 16.4. The molecule has 0 unspecified atom stereocenters. The molecule has 0 amide bonds. The molecule has 2 aromatic rings. The Morgan fingerprint density at radius 2 is 2.05 bits per heavy atom. The summed E-state index contributed by atoms with van der Waals surface area (Å²) in [5.74, 6) is -0.898. The van der Waals surface area contributed by atoms with Crippen molar-refractivity contribution in [2.24, 2.45) is 0 Å². The molecule has 0 saturated carbocycles. The average molecular weight is 289 g/mol. The second kappa shape index (κ2) is 6.76.